The third-order valence-corrected chi connectivity index (χ3v) is 5.50. The number of sulfonamides is 1. The van der Waals surface area contributed by atoms with E-state index in [0.29, 0.717) is 17.1 Å². The second-order valence-electron chi connectivity index (χ2n) is 4.39. The number of para-hydroxylation sites is 1. The van der Waals surface area contributed by atoms with Gasteiger partial charge < -0.3 is 5.32 Å². The molecule has 0 amide bonds. The van der Waals surface area contributed by atoms with Crippen molar-refractivity contribution in [2.75, 3.05) is 26.0 Å². The third-order valence-electron chi connectivity index (χ3n) is 2.78. The van der Waals surface area contributed by atoms with E-state index in [1.54, 1.807) is 35.7 Å². The molecule has 0 aliphatic heterocycles. The molecule has 0 spiro atoms. The summed E-state index contributed by atoms with van der Waals surface area (Å²) in [6, 6.07) is 6.93. The first-order valence-electron chi connectivity index (χ1n) is 6.15. The van der Waals surface area contributed by atoms with Crippen LogP contribution in [0, 0.1) is 0 Å². The quantitative estimate of drug-likeness (QED) is 0.887. The Labute approximate surface area is 123 Å². The van der Waals surface area contributed by atoms with E-state index in [1.165, 1.54) is 18.4 Å². The summed E-state index contributed by atoms with van der Waals surface area (Å²) in [6.45, 7) is 0.646. The van der Waals surface area contributed by atoms with Gasteiger partial charge in [-0.25, -0.2) is 17.7 Å². The molecule has 0 saturated carbocycles. The first-order chi connectivity index (χ1) is 9.51. The van der Waals surface area contributed by atoms with E-state index in [4.69, 9.17) is 0 Å². The van der Waals surface area contributed by atoms with Gasteiger partial charge in [0.25, 0.3) is 0 Å². The molecule has 0 atom stereocenters. The maximum atomic E-state index is 12.2. The van der Waals surface area contributed by atoms with Crippen LogP contribution in [0.25, 0.3) is 0 Å². The molecule has 7 heteroatoms. The number of nitrogens with one attached hydrogen (secondary N) is 1. The second kappa shape index (κ2) is 6.34. The Morgan fingerprint density at radius 1 is 1.30 bits per heavy atom. The highest BCUT2D eigenvalue weighted by molar-refractivity contribution is 7.89. The lowest BCUT2D eigenvalue weighted by atomic mass is 10.3. The van der Waals surface area contributed by atoms with Gasteiger partial charge in [0, 0.05) is 38.6 Å². The Kier molecular flexibility index (Phi) is 4.74. The van der Waals surface area contributed by atoms with Crippen molar-refractivity contribution in [3.05, 3.63) is 40.8 Å². The first-order valence-corrected chi connectivity index (χ1v) is 8.47. The summed E-state index contributed by atoms with van der Waals surface area (Å²) in [5.41, 5.74) is 0.623. The van der Waals surface area contributed by atoms with E-state index in [1.807, 2.05) is 11.4 Å². The number of hydrogen-bond acceptors (Lipinski definition) is 5. The highest BCUT2D eigenvalue weighted by atomic mass is 32.2. The lowest BCUT2D eigenvalue weighted by molar-refractivity contribution is 0.521. The molecule has 1 aromatic carbocycles. The number of benzene rings is 1. The summed E-state index contributed by atoms with van der Waals surface area (Å²) >= 11 is 1.60. The van der Waals surface area contributed by atoms with Crippen LogP contribution in [-0.2, 0) is 16.4 Å². The first kappa shape index (κ1) is 15.0. The van der Waals surface area contributed by atoms with Gasteiger partial charge >= 0.3 is 0 Å². The number of thiazole rings is 1. The predicted octanol–water partition coefficient (Wildman–Crippen LogP) is 2.05. The molecule has 0 saturated heterocycles. The number of nitrogens with zero attached hydrogens (tertiary/aromatic N) is 2. The molecule has 108 valence electrons. The Bertz CT molecular complexity index is 652. The fourth-order valence-electron chi connectivity index (χ4n) is 1.71. The minimum absolute atomic E-state index is 0.295. The van der Waals surface area contributed by atoms with Gasteiger partial charge in [0.05, 0.1) is 10.7 Å². The van der Waals surface area contributed by atoms with Crippen LogP contribution in [0.2, 0.25) is 0 Å². The molecule has 1 N–H and O–H groups in total. The van der Waals surface area contributed by atoms with Crippen molar-refractivity contribution in [1.29, 1.82) is 0 Å². The standard InChI is InChI=1S/C13H17N3O2S2/c1-16(2)20(17,18)12-6-4-3-5-11(12)14-8-7-13-15-9-10-19-13/h3-6,9-10,14H,7-8H2,1-2H3. The summed E-state index contributed by atoms with van der Waals surface area (Å²) in [7, 11) is -0.375. The lowest BCUT2D eigenvalue weighted by Gasteiger charge is -2.15. The minimum Gasteiger partial charge on any atom is -0.384 e. The molecule has 5 nitrogen and oxygen atoms in total. The van der Waals surface area contributed by atoms with E-state index in [9.17, 15) is 8.42 Å². The van der Waals surface area contributed by atoms with Crippen LogP contribution in [0.3, 0.4) is 0 Å². The largest absolute Gasteiger partial charge is 0.384 e. The van der Waals surface area contributed by atoms with Crippen LogP contribution < -0.4 is 5.32 Å². The fraction of sp³-hybridized carbons (Fsp3) is 0.308. The SMILES string of the molecule is CN(C)S(=O)(=O)c1ccccc1NCCc1nccs1. The van der Waals surface area contributed by atoms with Crippen LogP contribution in [0.4, 0.5) is 5.69 Å². The summed E-state index contributed by atoms with van der Waals surface area (Å²) in [6.07, 6.45) is 2.54. The molecular formula is C13H17N3O2S2. The van der Waals surface area contributed by atoms with Crippen LogP contribution in [0.5, 0.6) is 0 Å². The van der Waals surface area contributed by atoms with Crippen molar-refractivity contribution >= 4 is 27.0 Å². The zero-order chi connectivity index (χ0) is 14.6. The van der Waals surface area contributed by atoms with E-state index < -0.39 is 10.0 Å². The molecule has 0 bridgehead atoms. The molecule has 0 aliphatic carbocycles. The topological polar surface area (TPSA) is 62.3 Å². The van der Waals surface area contributed by atoms with Gasteiger partial charge in [-0.3, -0.25) is 0 Å². The van der Waals surface area contributed by atoms with Gasteiger partial charge in [-0.2, -0.15) is 0 Å². The van der Waals surface area contributed by atoms with Crippen molar-refractivity contribution < 1.29 is 8.42 Å². The van der Waals surface area contributed by atoms with Gasteiger partial charge in [-0.05, 0) is 12.1 Å². The molecule has 20 heavy (non-hydrogen) atoms. The number of rotatable bonds is 6. The molecule has 0 radical (unpaired) electrons. The van der Waals surface area contributed by atoms with E-state index in [2.05, 4.69) is 10.3 Å². The molecule has 1 aromatic heterocycles. The highest BCUT2D eigenvalue weighted by Crippen LogP contribution is 2.23. The maximum Gasteiger partial charge on any atom is 0.244 e. The van der Waals surface area contributed by atoms with Crippen LogP contribution in [-0.4, -0.2) is 38.3 Å². The van der Waals surface area contributed by atoms with Crippen molar-refractivity contribution in [2.45, 2.75) is 11.3 Å². The molecule has 1 heterocycles. The molecule has 0 aliphatic rings. The summed E-state index contributed by atoms with van der Waals surface area (Å²) in [5, 5.41) is 6.14. The molecule has 2 rings (SSSR count). The van der Waals surface area contributed by atoms with E-state index in [0.717, 1.165) is 11.4 Å². The number of hydrogen-bond donors (Lipinski definition) is 1. The highest BCUT2D eigenvalue weighted by Gasteiger charge is 2.20. The summed E-state index contributed by atoms with van der Waals surface area (Å²) in [4.78, 5) is 4.49. The van der Waals surface area contributed by atoms with Gasteiger partial charge in [0.1, 0.15) is 4.90 Å². The van der Waals surface area contributed by atoms with Crippen molar-refractivity contribution in [1.82, 2.24) is 9.29 Å². The Morgan fingerprint density at radius 2 is 2.05 bits per heavy atom. The Hall–Kier alpha value is -1.44. The van der Waals surface area contributed by atoms with Crippen LogP contribution in [0.1, 0.15) is 5.01 Å². The second-order valence-corrected chi connectivity index (χ2v) is 7.49. The van der Waals surface area contributed by atoms with Gasteiger partial charge in [-0.1, -0.05) is 12.1 Å². The zero-order valence-electron chi connectivity index (χ0n) is 11.4. The van der Waals surface area contributed by atoms with E-state index in [-0.39, 0.29) is 0 Å². The molecule has 2 aromatic rings. The maximum absolute atomic E-state index is 12.2. The minimum atomic E-state index is -3.43. The smallest absolute Gasteiger partial charge is 0.244 e. The Morgan fingerprint density at radius 3 is 2.70 bits per heavy atom. The Balaban J connectivity index is 2.12. The monoisotopic (exact) mass is 311 g/mol. The van der Waals surface area contributed by atoms with Crippen molar-refractivity contribution in [3.63, 3.8) is 0 Å². The number of anilines is 1. The third kappa shape index (κ3) is 3.36. The number of aromatic nitrogens is 1. The van der Waals surface area contributed by atoms with Crippen molar-refractivity contribution in [3.8, 4) is 0 Å². The molecule has 0 unspecified atom stereocenters. The van der Waals surface area contributed by atoms with Gasteiger partial charge in [-0.15, -0.1) is 11.3 Å². The van der Waals surface area contributed by atoms with Crippen molar-refractivity contribution in [2.24, 2.45) is 0 Å². The predicted molar refractivity (Wildman–Crippen MR) is 81.6 cm³/mol. The van der Waals surface area contributed by atoms with Gasteiger partial charge in [0.15, 0.2) is 0 Å². The normalized spacial score (nSPS) is 11.8. The van der Waals surface area contributed by atoms with E-state index >= 15 is 0 Å². The lowest BCUT2D eigenvalue weighted by Crippen LogP contribution is -2.23. The average Bonchev–Trinajstić information content (AvgIpc) is 2.92. The summed E-state index contributed by atoms with van der Waals surface area (Å²) in [5.74, 6) is 0. The van der Waals surface area contributed by atoms with Gasteiger partial charge in [0.2, 0.25) is 10.0 Å². The molecule has 0 fully saturated rings. The summed E-state index contributed by atoms with van der Waals surface area (Å²) < 4.78 is 25.7. The van der Waals surface area contributed by atoms with Crippen LogP contribution in [0.15, 0.2) is 40.7 Å². The van der Waals surface area contributed by atoms with Crippen LogP contribution >= 0.6 is 11.3 Å². The zero-order valence-corrected chi connectivity index (χ0v) is 13.0. The average molecular weight is 311 g/mol. The molecular weight excluding hydrogens is 294 g/mol. The fourth-order valence-corrected chi connectivity index (χ4v) is 3.40.